The van der Waals surface area contributed by atoms with Gasteiger partial charge in [0.05, 0.1) is 17.2 Å². The molecule has 2 heterocycles. The Balaban J connectivity index is 1.62. The van der Waals surface area contributed by atoms with Gasteiger partial charge in [0, 0.05) is 17.6 Å². The quantitative estimate of drug-likeness (QED) is 0.623. The Labute approximate surface area is 143 Å². The van der Waals surface area contributed by atoms with E-state index in [2.05, 4.69) is 25.2 Å². The fraction of sp³-hybridized carbons (Fsp3) is 0.111. The lowest BCUT2D eigenvalue weighted by atomic mass is 10.2. The van der Waals surface area contributed by atoms with Crippen LogP contribution in [0.3, 0.4) is 0 Å². The Morgan fingerprint density at radius 1 is 1.16 bits per heavy atom. The molecule has 7 heteroatoms. The number of nitrogens with one attached hydrogen (secondary N) is 1. The number of carbonyl (C=O) groups excluding carboxylic acids is 1. The number of benzene rings is 2. The summed E-state index contributed by atoms with van der Waals surface area (Å²) >= 11 is 0. The first-order chi connectivity index (χ1) is 12.2. The van der Waals surface area contributed by atoms with Crippen LogP contribution < -0.4 is 5.32 Å². The zero-order valence-corrected chi connectivity index (χ0v) is 13.6. The summed E-state index contributed by atoms with van der Waals surface area (Å²) in [6.45, 7) is 2.09. The number of rotatable bonds is 4. The molecule has 4 rings (SSSR count). The van der Waals surface area contributed by atoms with Crippen LogP contribution in [0.15, 0.2) is 60.9 Å². The molecule has 0 aliphatic carbocycles. The molecular weight excluding hydrogens is 316 g/mol. The Kier molecular flexibility index (Phi) is 3.74. The van der Waals surface area contributed by atoms with E-state index < -0.39 is 0 Å². The number of amides is 1. The van der Waals surface area contributed by atoms with E-state index in [-0.39, 0.29) is 12.5 Å². The van der Waals surface area contributed by atoms with Crippen molar-refractivity contribution >= 4 is 22.6 Å². The van der Waals surface area contributed by atoms with Gasteiger partial charge in [0.15, 0.2) is 0 Å². The number of para-hydroxylation sites is 1. The largest absolute Gasteiger partial charge is 0.324 e. The lowest BCUT2D eigenvalue weighted by molar-refractivity contribution is -0.116. The fourth-order valence-electron chi connectivity index (χ4n) is 2.85. The monoisotopic (exact) mass is 332 g/mol. The van der Waals surface area contributed by atoms with E-state index in [0.717, 1.165) is 22.5 Å². The molecule has 0 aliphatic rings. The average molecular weight is 332 g/mol. The van der Waals surface area contributed by atoms with E-state index in [1.165, 1.54) is 4.68 Å². The molecule has 0 spiro atoms. The Hall–Kier alpha value is -3.48. The summed E-state index contributed by atoms with van der Waals surface area (Å²) in [5, 5.41) is 10.3. The number of anilines is 1. The third-order valence-corrected chi connectivity index (χ3v) is 3.90. The number of nitrogens with zero attached hydrogens (tertiary/aromatic N) is 5. The molecule has 0 bridgehead atoms. The van der Waals surface area contributed by atoms with Crippen LogP contribution >= 0.6 is 0 Å². The molecule has 2 aromatic carbocycles. The van der Waals surface area contributed by atoms with Crippen molar-refractivity contribution in [1.82, 2.24) is 24.5 Å². The molecule has 0 saturated carbocycles. The van der Waals surface area contributed by atoms with Gasteiger partial charge in [0.25, 0.3) is 0 Å². The molecule has 124 valence electrons. The second-order valence-electron chi connectivity index (χ2n) is 5.68. The SMILES string of the molecule is Cc1nc2cc(NC(=O)Cn3ccnn3)ccc2n1-c1ccccc1. The smallest absolute Gasteiger partial charge is 0.246 e. The number of carbonyl (C=O) groups is 1. The molecule has 25 heavy (non-hydrogen) atoms. The van der Waals surface area contributed by atoms with Crippen molar-refractivity contribution in [2.45, 2.75) is 13.5 Å². The van der Waals surface area contributed by atoms with Gasteiger partial charge in [-0.1, -0.05) is 23.4 Å². The molecule has 7 nitrogen and oxygen atoms in total. The van der Waals surface area contributed by atoms with E-state index in [0.29, 0.717) is 5.69 Å². The molecule has 4 aromatic rings. The van der Waals surface area contributed by atoms with E-state index in [1.807, 2.05) is 55.5 Å². The number of hydrogen-bond donors (Lipinski definition) is 1. The van der Waals surface area contributed by atoms with Crippen LogP contribution in [-0.2, 0) is 11.3 Å². The van der Waals surface area contributed by atoms with Crippen molar-refractivity contribution < 1.29 is 4.79 Å². The van der Waals surface area contributed by atoms with Crippen molar-refractivity contribution in [2.24, 2.45) is 0 Å². The van der Waals surface area contributed by atoms with Crippen LogP contribution in [-0.4, -0.2) is 30.5 Å². The van der Waals surface area contributed by atoms with Crippen molar-refractivity contribution in [3.63, 3.8) is 0 Å². The highest BCUT2D eigenvalue weighted by Crippen LogP contribution is 2.24. The highest BCUT2D eigenvalue weighted by Gasteiger charge is 2.11. The third-order valence-electron chi connectivity index (χ3n) is 3.90. The first-order valence-electron chi connectivity index (χ1n) is 7.89. The first-order valence-corrected chi connectivity index (χ1v) is 7.89. The average Bonchev–Trinajstić information content (AvgIpc) is 3.21. The zero-order valence-electron chi connectivity index (χ0n) is 13.6. The minimum absolute atomic E-state index is 0.121. The van der Waals surface area contributed by atoms with Crippen molar-refractivity contribution in [3.8, 4) is 5.69 Å². The summed E-state index contributed by atoms with van der Waals surface area (Å²) in [6, 6.07) is 15.8. The zero-order chi connectivity index (χ0) is 17.2. The number of hydrogen-bond acceptors (Lipinski definition) is 4. The van der Waals surface area contributed by atoms with Gasteiger partial charge in [-0.25, -0.2) is 9.67 Å². The van der Waals surface area contributed by atoms with Gasteiger partial charge in [0.1, 0.15) is 12.4 Å². The first kappa shape index (κ1) is 15.1. The molecule has 1 amide bonds. The summed E-state index contributed by atoms with van der Waals surface area (Å²) in [7, 11) is 0. The number of aryl methyl sites for hydroxylation is 1. The van der Waals surface area contributed by atoms with Gasteiger partial charge in [0.2, 0.25) is 5.91 Å². The molecule has 0 atom stereocenters. The molecule has 2 aromatic heterocycles. The van der Waals surface area contributed by atoms with Crippen LogP contribution in [0.5, 0.6) is 0 Å². The number of aromatic nitrogens is 5. The summed E-state index contributed by atoms with van der Waals surface area (Å²) < 4.78 is 3.57. The topological polar surface area (TPSA) is 77.6 Å². The van der Waals surface area contributed by atoms with Gasteiger partial charge in [-0.3, -0.25) is 9.36 Å². The minimum atomic E-state index is -0.163. The maximum Gasteiger partial charge on any atom is 0.246 e. The molecule has 0 saturated heterocycles. The van der Waals surface area contributed by atoms with Crippen molar-refractivity contribution in [1.29, 1.82) is 0 Å². The Bertz CT molecular complexity index is 1020. The van der Waals surface area contributed by atoms with Crippen LogP contribution in [0, 0.1) is 6.92 Å². The van der Waals surface area contributed by atoms with E-state index in [1.54, 1.807) is 12.4 Å². The maximum atomic E-state index is 12.1. The normalized spacial score (nSPS) is 10.9. The molecule has 1 N–H and O–H groups in total. The summed E-state index contributed by atoms with van der Waals surface area (Å²) in [6.07, 6.45) is 3.19. The van der Waals surface area contributed by atoms with Crippen LogP contribution in [0.4, 0.5) is 5.69 Å². The number of imidazole rings is 1. The maximum absolute atomic E-state index is 12.1. The Morgan fingerprint density at radius 3 is 2.76 bits per heavy atom. The van der Waals surface area contributed by atoms with Gasteiger partial charge >= 0.3 is 0 Å². The van der Waals surface area contributed by atoms with Crippen LogP contribution in [0.1, 0.15) is 5.82 Å². The molecule has 0 aliphatic heterocycles. The van der Waals surface area contributed by atoms with Crippen molar-refractivity contribution in [3.05, 3.63) is 66.7 Å². The van der Waals surface area contributed by atoms with Crippen molar-refractivity contribution in [2.75, 3.05) is 5.32 Å². The fourth-order valence-corrected chi connectivity index (χ4v) is 2.85. The van der Waals surface area contributed by atoms with Gasteiger partial charge in [-0.05, 0) is 37.3 Å². The molecule has 0 unspecified atom stereocenters. The molecule has 0 radical (unpaired) electrons. The van der Waals surface area contributed by atoms with Gasteiger partial charge in [-0.2, -0.15) is 0 Å². The Morgan fingerprint density at radius 2 is 2.00 bits per heavy atom. The summed E-state index contributed by atoms with van der Waals surface area (Å²) in [5.74, 6) is 0.733. The molecule has 0 fully saturated rings. The van der Waals surface area contributed by atoms with E-state index >= 15 is 0 Å². The predicted molar refractivity (Wildman–Crippen MR) is 94.5 cm³/mol. The highest BCUT2D eigenvalue weighted by molar-refractivity contribution is 5.93. The van der Waals surface area contributed by atoms with Gasteiger partial charge in [-0.15, -0.1) is 5.10 Å². The predicted octanol–water partition coefficient (Wildman–Crippen LogP) is 2.56. The van der Waals surface area contributed by atoms with Crippen LogP contribution in [0.2, 0.25) is 0 Å². The van der Waals surface area contributed by atoms with E-state index in [9.17, 15) is 4.79 Å². The highest BCUT2D eigenvalue weighted by atomic mass is 16.2. The number of fused-ring (bicyclic) bond motifs is 1. The van der Waals surface area contributed by atoms with E-state index in [4.69, 9.17) is 0 Å². The second-order valence-corrected chi connectivity index (χ2v) is 5.68. The second kappa shape index (κ2) is 6.20. The third kappa shape index (κ3) is 2.99. The minimum Gasteiger partial charge on any atom is -0.324 e. The van der Waals surface area contributed by atoms with Crippen LogP contribution in [0.25, 0.3) is 16.7 Å². The lowest BCUT2D eigenvalue weighted by Gasteiger charge is -2.08. The van der Waals surface area contributed by atoms with Gasteiger partial charge < -0.3 is 5.32 Å². The summed E-state index contributed by atoms with van der Waals surface area (Å²) in [5.41, 5.74) is 3.60. The molecular formula is C18H16N6O. The standard InChI is InChI=1S/C18H16N6O/c1-13-20-16-11-14(21-18(25)12-23-10-9-19-22-23)7-8-17(16)24(13)15-5-3-2-4-6-15/h2-11H,12H2,1H3,(H,21,25). The summed E-state index contributed by atoms with van der Waals surface area (Å²) in [4.78, 5) is 16.7. The lowest BCUT2D eigenvalue weighted by Crippen LogP contribution is -2.19.